The first-order valence-corrected chi connectivity index (χ1v) is 12.5. The summed E-state index contributed by atoms with van der Waals surface area (Å²) in [7, 11) is -3.96. The summed E-state index contributed by atoms with van der Waals surface area (Å²) in [5, 5.41) is 9.77. The first-order chi connectivity index (χ1) is 16.3. The molecule has 1 saturated heterocycles. The first-order valence-electron chi connectivity index (χ1n) is 11.0. The third-order valence-corrected chi connectivity index (χ3v) is 7.42. The lowest BCUT2D eigenvalue weighted by Crippen LogP contribution is -2.46. The fourth-order valence-corrected chi connectivity index (χ4v) is 5.56. The number of halogens is 1. The molecule has 1 aliphatic heterocycles. The Morgan fingerprint density at radius 3 is 2.29 bits per heavy atom. The number of carbonyl (C=O) groups is 1. The fraction of sp³-hybridized carbons (Fsp3) is 0.240. The second kappa shape index (κ2) is 9.72. The third kappa shape index (κ3) is 4.84. The van der Waals surface area contributed by atoms with E-state index in [0.29, 0.717) is 49.5 Å². The molecule has 9 heteroatoms. The largest absolute Gasteiger partial charge is 0.478 e. The van der Waals surface area contributed by atoms with Crippen LogP contribution >= 0.6 is 0 Å². The summed E-state index contributed by atoms with van der Waals surface area (Å²) in [4.78, 5) is 16.1. The Hall–Kier alpha value is -3.59. The van der Waals surface area contributed by atoms with Gasteiger partial charge in [-0.15, -0.1) is 0 Å². The maximum atomic E-state index is 14.1. The quantitative estimate of drug-likeness (QED) is 0.523. The number of rotatable bonds is 7. The van der Waals surface area contributed by atoms with Crippen molar-refractivity contribution in [1.82, 2.24) is 0 Å². The Morgan fingerprint density at radius 1 is 0.971 bits per heavy atom. The highest BCUT2D eigenvalue weighted by Crippen LogP contribution is 2.28. The van der Waals surface area contributed by atoms with Crippen molar-refractivity contribution in [2.24, 2.45) is 0 Å². The van der Waals surface area contributed by atoms with Crippen molar-refractivity contribution in [1.29, 1.82) is 0 Å². The van der Waals surface area contributed by atoms with Crippen molar-refractivity contribution in [2.45, 2.75) is 18.2 Å². The van der Waals surface area contributed by atoms with Crippen molar-refractivity contribution >= 4 is 33.1 Å². The number of para-hydroxylation sites is 1. The smallest absolute Gasteiger partial charge is 0.337 e. The van der Waals surface area contributed by atoms with Crippen LogP contribution in [0.4, 0.5) is 21.5 Å². The first kappa shape index (κ1) is 23.6. The molecule has 1 heterocycles. The third-order valence-electron chi connectivity index (χ3n) is 5.96. The number of carboxylic acid groups (broad SMARTS) is 1. The van der Waals surface area contributed by atoms with Crippen LogP contribution in [-0.4, -0.2) is 45.7 Å². The lowest BCUT2D eigenvalue weighted by atomic mass is 10.1. The Kier molecular flexibility index (Phi) is 6.74. The van der Waals surface area contributed by atoms with E-state index in [4.69, 9.17) is 0 Å². The normalized spacial score (nSPS) is 14.2. The predicted octanol–water partition coefficient (Wildman–Crippen LogP) is 4.21. The molecule has 0 spiro atoms. The van der Waals surface area contributed by atoms with Crippen molar-refractivity contribution < 1.29 is 22.7 Å². The number of hydrogen-bond donors (Lipinski definition) is 2. The molecule has 1 fully saturated rings. The lowest BCUT2D eigenvalue weighted by Gasteiger charge is -2.37. The Labute approximate surface area is 198 Å². The molecule has 178 valence electrons. The minimum Gasteiger partial charge on any atom is -0.478 e. The van der Waals surface area contributed by atoms with Crippen LogP contribution in [0.5, 0.6) is 0 Å². The van der Waals surface area contributed by atoms with Crippen molar-refractivity contribution in [3.8, 4) is 0 Å². The number of aromatic carboxylic acids is 1. The molecule has 0 atom stereocenters. The minimum absolute atomic E-state index is 0.00662. The molecule has 3 aromatic rings. The van der Waals surface area contributed by atoms with E-state index in [1.54, 1.807) is 42.5 Å². The van der Waals surface area contributed by atoms with E-state index >= 15 is 0 Å². The minimum atomic E-state index is -3.96. The van der Waals surface area contributed by atoms with Crippen LogP contribution in [0.3, 0.4) is 0 Å². The molecular formula is C25H26FN3O4S. The Bertz CT molecular complexity index is 1310. The summed E-state index contributed by atoms with van der Waals surface area (Å²) < 4.78 is 42.5. The molecule has 2 N–H and O–H groups in total. The molecule has 0 bridgehead atoms. The lowest BCUT2D eigenvalue weighted by molar-refractivity contribution is 0.0698. The van der Waals surface area contributed by atoms with Gasteiger partial charge in [-0.25, -0.2) is 17.6 Å². The van der Waals surface area contributed by atoms with Crippen LogP contribution in [0.2, 0.25) is 0 Å². The molecule has 0 radical (unpaired) electrons. The predicted molar refractivity (Wildman–Crippen MR) is 131 cm³/mol. The molecule has 34 heavy (non-hydrogen) atoms. The SMILES string of the molecule is CCc1ccccc1S(=O)(=O)Nc1ccc(N2CCN(c3ccccc3F)CC2)cc1C(=O)O. The average Bonchev–Trinajstić information content (AvgIpc) is 2.84. The molecule has 0 saturated carbocycles. The highest BCUT2D eigenvalue weighted by Gasteiger charge is 2.24. The van der Waals surface area contributed by atoms with E-state index < -0.39 is 16.0 Å². The van der Waals surface area contributed by atoms with Gasteiger partial charge in [-0.05, 0) is 48.4 Å². The number of piperazine rings is 1. The fourth-order valence-electron chi connectivity index (χ4n) is 4.17. The maximum absolute atomic E-state index is 14.1. The molecule has 1 aliphatic rings. The van der Waals surface area contributed by atoms with Gasteiger partial charge in [0, 0.05) is 31.9 Å². The zero-order valence-electron chi connectivity index (χ0n) is 18.7. The van der Waals surface area contributed by atoms with E-state index in [1.807, 2.05) is 16.7 Å². The monoisotopic (exact) mass is 483 g/mol. The van der Waals surface area contributed by atoms with E-state index in [1.165, 1.54) is 24.3 Å². The molecular weight excluding hydrogens is 457 g/mol. The summed E-state index contributed by atoms with van der Waals surface area (Å²) in [6.45, 7) is 4.15. The van der Waals surface area contributed by atoms with E-state index in [2.05, 4.69) is 4.72 Å². The van der Waals surface area contributed by atoms with Gasteiger partial charge in [0.1, 0.15) is 5.82 Å². The van der Waals surface area contributed by atoms with Crippen molar-refractivity contribution in [3.63, 3.8) is 0 Å². The van der Waals surface area contributed by atoms with E-state index in [0.717, 1.165) is 0 Å². The van der Waals surface area contributed by atoms with Gasteiger partial charge in [0.2, 0.25) is 0 Å². The van der Waals surface area contributed by atoms with Gasteiger partial charge < -0.3 is 14.9 Å². The molecule has 0 unspecified atom stereocenters. The van der Waals surface area contributed by atoms with Crippen molar-refractivity contribution in [3.05, 3.63) is 83.7 Å². The number of hydrogen-bond acceptors (Lipinski definition) is 5. The highest BCUT2D eigenvalue weighted by molar-refractivity contribution is 7.92. The summed E-state index contributed by atoms with van der Waals surface area (Å²) in [5.41, 5.74) is 1.74. The zero-order valence-corrected chi connectivity index (χ0v) is 19.6. The van der Waals surface area contributed by atoms with Gasteiger partial charge >= 0.3 is 5.97 Å². The number of nitrogens with zero attached hydrogens (tertiary/aromatic N) is 2. The second-order valence-electron chi connectivity index (χ2n) is 8.03. The van der Waals surface area contributed by atoms with Gasteiger partial charge in [-0.1, -0.05) is 37.3 Å². The van der Waals surface area contributed by atoms with Gasteiger partial charge in [-0.3, -0.25) is 4.72 Å². The second-order valence-corrected chi connectivity index (χ2v) is 9.68. The average molecular weight is 484 g/mol. The van der Waals surface area contributed by atoms with E-state index in [-0.39, 0.29) is 22.0 Å². The van der Waals surface area contributed by atoms with Gasteiger partial charge in [0.25, 0.3) is 10.0 Å². The highest BCUT2D eigenvalue weighted by atomic mass is 32.2. The van der Waals surface area contributed by atoms with Crippen LogP contribution in [0.1, 0.15) is 22.8 Å². The summed E-state index contributed by atoms with van der Waals surface area (Å²) in [5.74, 6) is -1.50. The number of anilines is 3. The molecule has 0 amide bonds. The molecule has 0 aliphatic carbocycles. The van der Waals surface area contributed by atoms with E-state index in [9.17, 15) is 22.7 Å². The topological polar surface area (TPSA) is 90.0 Å². The molecule has 7 nitrogen and oxygen atoms in total. The van der Waals surface area contributed by atoms with Crippen LogP contribution in [0, 0.1) is 5.82 Å². The van der Waals surface area contributed by atoms with Gasteiger partial charge in [-0.2, -0.15) is 0 Å². The molecule has 4 rings (SSSR count). The Balaban J connectivity index is 1.55. The summed E-state index contributed by atoms with van der Waals surface area (Å²) in [6, 6.07) is 17.9. The zero-order chi connectivity index (χ0) is 24.3. The maximum Gasteiger partial charge on any atom is 0.337 e. The number of nitrogens with one attached hydrogen (secondary N) is 1. The van der Waals surface area contributed by atoms with Crippen LogP contribution in [0.15, 0.2) is 71.6 Å². The number of carboxylic acids is 1. The number of aryl methyl sites for hydroxylation is 1. The molecule has 3 aromatic carbocycles. The van der Waals surface area contributed by atoms with Crippen LogP contribution in [0.25, 0.3) is 0 Å². The summed E-state index contributed by atoms with van der Waals surface area (Å²) >= 11 is 0. The number of sulfonamides is 1. The molecule has 0 aromatic heterocycles. The van der Waals surface area contributed by atoms with Crippen molar-refractivity contribution in [2.75, 3.05) is 40.7 Å². The standard InChI is InChI=1S/C25H26FN3O4S/c1-2-18-7-3-6-10-24(18)34(32,33)27-22-12-11-19(17-20(22)25(30)31)28-13-15-29(16-14-28)23-9-5-4-8-21(23)26/h3-12,17,27H,2,13-16H2,1H3,(H,30,31). The van der Waals surface area contributed by atoms with Crippen LogP contribution < -0.4 is 14.5 Å². The Morgan fingerprint density at radius 2 is 1.62 bits per heavy atom. The number of benzene rings is 3. The van der Waals surface area contributed by atoms with Gasteiger partial charge in [0.15, 0.2) is 0 Å². The van der Waals surface area contributed by atoms with Gasteiger partial charge in [0.05, 0.1) is 21.8 Å². The van der Waals surface area contributed by atoms with Crippen LogP contribution in [-0.2, 0) is 16.4 Å². The summed E-state index contributed by atoms with van der Waals surface area (Å²) in [6.07, 6.45) is 0.528.